The molecule has 2 aromatic carbocycles. The number of fused-ring (bicyclic) bond motifs is 1. The number of aliphatic hydroxyl groups excluding tert-OH is 4. The lowest BCUT2D eigenvalue weighted by Gasteiger charge is -2.39. The highest BCUT2D eigenvalue weighted by atomic mass is 16.7. The number of rotatable bonds is 5. The molecular formula is C22H22O12. The molecule has 1 aliphatic rings. The Kier molecular flexibility index (Phi) is 6.25. The van der Waals surface area contributed by atoms with E-state index in [1.807, 2.05) is 0 Å². The van der Waals surface area contributed by atoms with Crippen molar-refractivity contribution in [3.8, 4) is 40.1 Å². The number of phenols is 3. The second-order valence-corrected chi connectivity index (χ2v) is 7.63. The summed E-state index contributed by atoms with van der Waals surface area (Å²) >= 11 is 0. The van der Waals surface area contributed by atoms with E-state index in [1.165, 1.54) is 25.3 Å². The van der Waals surface area contributed by atoms with Crippen LogP contribution in [-0.4, -0.2) is 80.2 Å². The van der Waals surface area contributed by atoms with Crippen molar-refractivity contribution in [1.82, 2.24) is 0 Å². The van der Waals surface area contributed by atoms with Gasteiger partial charge in [0.15, 0.2) is 17.3 Å². The third kappa shape index (κ3) is 3.97. The predicted octanol–water partition coefficient (Wildman–Crippen LogP) is -0.236. The van der Waals surface area contributed by atoms with E-state index in [2.05, 4.69) is 0 Å². The van der Waals surface area contributed by atoms with Crippen LogP contribution in [0.4, 0.5) is 0 Å². The van der Waals surface area contributed by atoms with Crippen LogP contribution in [0.25, 0.3) is 22.3 Å². The van der Waals surface area contributed by atoms with E-state index in [9.17, 15) is 40.5 Å². The minimum atomic E-state index is -1.83. The molecule has 2 heterocycles. The van der Waals surface area contributed by atoms with Crippen LogP contribution in [0, 0.1) is 0 Å². The number of aliphatic hydroxyl groups is 4. The Balaban J connectivity index is 1.92. The van der Waals surface area contributed by atoms with Crippen molar-refractivity contribution < 1.29 is 54.4 Å². The average molecular weight is 478 g/mol. The molecule has 1 fully saturated rings. The molecule has 4 rings (SSSR count). The van der Waals surface area contributed by atoms with Gasteiger partial charge >= 0.3 is 0 Å². The monoisotopic (exact) mass is 478 g/mol. The Bertz CT molecular complexity index is 1270. The van der Waals surface area contributed by atoms with Crippen molar-refractivity contribution in [3.05, 3.63) is 40.6 Å². The summed E-state index contributed by atoms with van der Waals surface area (Å²) in [7, 11) is 1.34. The Morgan fingerprint density at radius 3 is 2.32 bits per heavy atom. The third-order valence-electron chi connectivity index (χ3n) is 5.46. The molecule has 1 aliphatic heterocycles. The van der Waals surface area contributed by atoms with Crippen LogP contribution in [0.3, 0.4) is 0 Å². The molecule has 0 bridgehead atoms. The first-order chi connectivity index (χ1) is 16.2. The molecule has 0 radical (unpaired) electrons. The second kappa shape index (κ2) is 9.00. The van der Waals surface area contributed by atoms with E-state index in [0.29, 0.717) is 0 Å². The van der Waals surface area contributed by atoms with E-state index in [4.69, 9.17) is 18.6 Å². The first kappa shape index (κ1) is 23.6. The lowest BCUT2D eigenvalue weighted by atomic mass is 9.99. The van der Waals surface area contributed by atoms with Crippen LogP contribution < -0.4 is 14.9 Å². The van der Waals surface area contributed by atoms with E-state index >= 15 is 0 Å². The zero-order valence-electron chi connectivity index (χ0n) is 17.7. The number of aromatic hydroxyl groups is 3. The summed E-state index contributed by atoms with van der Waals surface area (Å²) in [5.41, 5.74) is -0.942. The van der Waals surface area contributed by atoms with E-state index in [1.54, 1.807) is 0 Å². The number of hydrogen-bond donors (Lipinski definition) is 7. The summed E-state index contributed by atoms with van der Waals surface area (Å²) in [4.78, 5) is 13.4. The van der Waals surface area contributed by atoms with Crippen molar-refractivity contribution in [3.63, 3.8) is 0 Å². The van der Waals surface area contributed by atoms with Gasteiger partial charge in [-0.05, 0) is 18.2 Å². The van der Waals surface area contributed by atoms with Gasteiger partial charge in [0, 0.05) is 17.7 Å². The van der Waals surface area contributed by atoms with Crippen molar-refractivity contribution in [2.24, 2.45) is 0 Å². The average Bonchev–Trinajstić information content (AvgIpc) is 2.82. The molecule has 3 aromatic rings. The van der Waals surface area contributed by atoms with Crippen LogP contribution in [0.15, 0.2) is 39.5 Å². The molecule has 12 nitrogen and oxygen atoms in total. The first-order valence-corrected chi connectivity index (χ1v) is 10.0. The molecule has 12 heteroatoms. The van der Waals surface area contributed by atoms with Gasteiger partial charge in [-0.1, -0.05) is 0 Å². The quantitative estimate of drug-likeness (QED) is 0.238. The van der Waals surface area contributed by atoms with Gasteiger partial charge < -0.3 is 54.4 Å². The Morgan fingerprint density at radius 2 is 1.68 bits per heavy atom. The van der Waals surface area contributed by atoms with Gasteiger partial charge in [-0.25, -0.2) is 0 Å². The van der Waals surface area contributed by atoms with Gasteiger partial charge in [0.25, 0.3) is 0 Å². The summed E-state index contributed by atoms with van der Waals surface area (Å²) in [5, 5.41) is 69.5. The SMILES string of the molecule is COc1cc(O)c2c(=O)c(O[C@@H]3O[C@@H](CO)[C@@H](O)[C@@H](O)[C@H]3O)c(-c3ccc(O)c(O)c3)oc2c1. The number of hydrogen-bond acceptors (Lipinski definition) is 12. The zero-order valence-corrected chi connectivity index (χ0v) is 17.7. The Hall–Kier alpha value is -3.55. The van der Waals surface area contributed by atoms with E-state index < -0.39 is 65.7 Å². The molecule has 1 aromatic heterocycles. The molecule has 0 saturated carbocycles. The van der Waals surface area contributed by atoms with Gasteiger partial charge in [0.2, 0.25) is 17.5 Å². The van der Waals surface area contributed by atoms with Crippen LogP contribution in [0.1, 0.15) is 0 Å². The van der Waals surface area contributed by atoms with Crippen LogP contribution >= 0.6 is 0 Å². The van der Waals surface area contributed by atoms with Crippen LogP contribution in [-0.2, 0) is 4.74 Å². The Labute approximate surface area is 191 Å². The summed E-state index contributed by atoms with van der Waals surface area (Å²) < 4.78 is 21.8. The van der Waals surface area contributed by atoms with Crippen LogP contribution in [0.2, 0.25) is 0 Å². The van der Waals surface area contributed by atoms with Gasteiger partial charge in [-0.3, -0.25) is 4.79 Å². The molecule has 34 heavy (non-hydrogen) atoms. The molecule has 7 N–H and O–H groups in total. The molecule has 1 saturated heterocycles. The van der Waals surface area contributed by atoms with E-state index in [-0.39, 0.29) is 28.0 Å². The topological polar surface area (TPSA) is 200 Å². The molecule has 0 aliphatic carbocycles. The standard InChI is InChI=1S/C22H22O12/c1-31-9-5-12(26)15-13(6-9)32-20(8-2-3-10(24)11(25)4-8)21(17(15)28)34-22-19(30)18(29)16(27)14(7-23)33-22/h2-6,14,16,18-19,22-27,29-30H,7H2,1H3/t14-,16+,18+,19+,22-/m0/s1. The van der Waals surface area contributed by atoms with Crippen molar-refractivity contribution in [1.29, 1.82) is 0 Å². The molecule has 0 unspecified atom stereocenters. The molecule has 0 amide bonds. The molecule has 182 valence electrons. The smallest absolute Gasteiger partial charge is 0.239 e. The summed E-state index contributed by atoms with van der Waals surface area (Å²) in [6.45, 7) is -0.726. The zero-order chi connectivity index (χ0) is 24.7. The number of methoxy groups -OCH3 is 1. The fourth-order valence-electron chi connectivity index (χ4n) is 3.62. The van der Waals surface area contributed by atoms with Gasteiger partial charge in [0.05, 0.1) is 13.7 Å². The minimum Gasteiger partial charge on any atom is -0.507 e. The lowest BCUT2D eigenvalue weighted by Crippen LogP contribution is -2.60. The highest BCUT2D eigenvalue weighted by Crippen LogP contribution is 2.39. The first-order valence-electron chi connectivity index (χ1n) is 10.0. The minimum absolute atomic E-state index is 0.0659. The third-order valence-corrected chi connectivity index (χ3v) is 5.46. The molecule has 5 atom stereocenters. The number of benzene rings is 2. The number of phenolic OH excluding ortho intramolecular Hbond substituents is 3. The second-order valence-electron chi connectivity index (χ2n) is 7.63. The lowest BCUT2D eigenvalue weighted by molar-refractivity contribution is -0.277. The van der Waals surface area contributed by atoms with Crippen molar-refractivity contribution in [2.75, 3.05) is 13.7 Å². The summed E-state index contributed by atoms with van der Waals surface area (Å²) in [6, 6.07) is 6.02. The van der Waals surface area contributed by atoms with Crippen molar-refractivity contribution >= 4 is 11.0 Å². The fraction of sp³-hybridized carbons (Fsp3) is 0.318. The molecule has 0 spiro atoms. The highest BCUT2D eigenvalue weighted by Gasteiger charge is 2.45. The van der Waals surface area contributed by atoms with Gasteiger partial charge in [0.1, 0.15) is 46.9 Å². The summed E-state index contributed by atoms with van der Waals surface area (Å²) in [6.07, 6.45) is -8.31. The predicted molar refractivity (Wildman–Crippen MR) is 114 cm³/mol. The maximum Gasteiger partial charge on any atom is 0.239 e. The largest absolute Gasteiger partial charge is 0.507 e. The van der Waals surface area contributed by atoms with Crippen molar-refractivity contribution in [2.45, 2.75) is 30.7 Å². The normalized spacial score (nSPS) is 24.8. The van der Waals surface area contributed by atoms with Gasteiger partial charge in [-0.2, -0.15) is 0 Å². The Morgan fingerprint density at radius 1 is 0.941 bits per heavy atom. The number of ether oxygens (including phenoxy) is 3. The highest BCUT2D eigenvalue weighted by molar-refractivity contribution is 5.88. The van der Waals surface area contributed by atoms with E-state index in [0.717, 1.165) is 12.1 Å². The molecular weight excluding hydrogens is 456 g/mol. The maximum atomic E-state index is 13.4. The van der Waals surface area contributed by atoms with Gasteiger partial charge in [-0.15, -0.1) is 0 Å². The van der Waals surface area contributed by atoms with Crippen LogP contribution in [0.5, 0.6) is 28.7 Å². The fourth-order valence-corrected chi connectivity index (χ4v) is 3.62. The summed E-state index contributed by atoms with van der Waals surface area (Å²) in [5.74, 6) is -2.16. The maximum absolute atomic E-state index is 13.4.